The minimum atomic E-state index is -0.509. The lowest BCUT2D eigenvalue weighted by Gasteiger charge is -2.05. The van der Waals surface area contributed by atoms with E-state index in [0.29, 0.717) is 9.13 Å². The standard InChI is InChI=1S/C9H7BrINO3/c1-5-2-3-6(11)9(12(14)15)8(5)7(13)4-10/h2-3H,4H2,1H3. The van der Waals surface area contributed by atoms with E-state index in [0.717, 1.165) is 0 Å². The highest BCUT2D eigenvalue weighted by molar-refractivity contribution is 14.1. The molecule has 1 aromatic carbocycles. The summed E-state index contributed by atoms with van der Waals surface area (Å²) in [6.45, 7) is 1.69. The molecule has 0 aliphatic carbocycles. The molecule has 0 aliphatic rings. The number of halogens is 2. The van der Waals surface area contributed by atoms with E-state index in [4.69, 9.17) is 0 Å². The van der Waals surface area contributed by atoms with Crippen molar-refractivity contribution in [2.45, 2.75) is 6.92 Å². The summed E-state index contributed by atoms with van der Waals surface area (Å²) in [6, 6.07) is 3.35. The van der Waals surface area contributed by atoms with Gasteiger partial charge in [0.1, 0.15) is 5.56 Å². The molecule has 0 saturated carbocycles. The number of carbonyl (C=O) groups is 1. The molecule has 6 heteroatoms. The number of Topliss-reactive ketones (excluding diaryl/α,β-unsaturated/α-hetero) is 1. The minimum absolute atomic E-state index is 0.0920. The van der Waals surface area contributed by atoms with Gasteiger partial charge in [0.2, 0.25) is 0 Å². The summed E-state index contributed by atoms with van der Waals surface area (Å²) in [5, 5.41) is 10.9. The fourth-order valence-corrected chi connectivity index (χ4v) is 2.19. The Kier molecular flexibility index (Phi) is 4.21. The number of aryl methyl sites for hydroxylation is 1. The van der Waals surface area contributed by atoms with E-state index in [9.17, 15) is 14.9 Å². The number of rotatable bonds is 3. The van der Waals surface area contributed by atoms with Crippen LogP contribution in [0.3, 0.4) is 0 Å². The molecule has 0 aromatic heterocycles. The first kappa shape index (κ1) is 12.6. The van der Waals surface area contributed by atoms with Gasteiger partial charge in [0.25, 0.3) is 5.69 Å². The van der Waals surface area contributed by atoms with Gasteiger partial charge >= 0.3 is 0 Å². The lowest BCUT2D eigenvalue weighted by molar-refractivity contribution is -0.386. The normalized spacial score (nSPS) is 10.1. The number of nitrogens with zero attached hydrogens (tertiary/aromatic N) is 1. The molecule has 0 saturated heterocycles. The summed E-state index contributed by atoms with van der Waals surface area (Å²) in [5.41, 5.74) is 0.732. The monoisotopic (exact) mass is 383 g/mol. The third-order valence-corrected chi connectivity index (χ3v) is 3.30. The first-order chi connectivity index (χ1) is 6.99. The predicted octanol–water partition coefficient (Wildman–Crippen LogP) is 3.09. The zero-order chi connectivity index (χ0) is 11.6. The predicted molar refractivity (Wildman–Crippen MR) is 68.7 cm³/mol. The van der Waals surface area contributed by atoms with Crippen molar-refractivity contribution < 1.29 is 9.72 Å². The number of nitro benzene ring substituents is 1. The molecule has 1 aromatic rings. The number of alkyl halides is 1. The Morgan fingerprint density at radius 3 is 2.67 bits per heavy atom. The molecule has 0 unspecified atom stereocenters. The fourth-order valence-electron chi connectivity index (χ4n) is 1.26. The SMILES string of the molecule is Cc1ccc(I)c([N+](=O)[O-])c1C(=O)CBr. The maximum atomic E-state index is 11.6. The van der Waals surface area contributed by atoms with Crippen LogP contribution in [0.25, 0.3) is 0 Å². The molecule has 0 N–H and O–H groups in total. The molecular formula is C9H7BrINO3. The van der Waals surface area contributed by atoms with Crippen molar-refractivity contribution in [3.63, 3.8) is 0 Å². The van der Waals surface area contributed by atoms with Crippen LogP contribution in [-0.4, -0.2) is 16.0 Å². The van der Waals surface area contributed by atoms with Crippen LogP contribution in [0.1, 0.15) is 15.9 Å². The van der Waals surface area contributed by atoms with E-state index >= 15 is 0 Å². The third kappa shape index (κ3) is 2.54. The van der Waals surface area contributed by atoms with Gasteiger partial charge in [-0.25, -0.2) is 0 Å². The third-order valence-electron chi connectivity index (χ3n) is 1.92. The number of ketones is 1. The van der Waals surface area contributed by atoms with Crippen molar-refractivity contribution in [1.29, 1.82) is 0 Å². The minimum Gasteiger partial charge on any atom is -0.293 e. The van der Waals surface area contributed by atoms with Crippen molar-refractivity contribution in [2.75, 3.05) is 5.33 Å². The average Bonchev–Trinajstić information content (AvgIpc) is 2.19. The zero-order valence-electron chi connectivity index (χ0n) is 7.79. The largest absolute Gasteiger partial charge is 0.293 e. The van der Waals surface area contributed by atoms with Crippen LogP contribution in [-0.2, 0) is 0 Å². The average molecular weight is 384 g/mol. The van der Waals surface area contributed by atoms with Crippen molar-refractivity contribution in [3.05, 3.63) is 36.9 Å². The lowest BCUT2D eigenvalue weighted by Crippen LogP contribution is -2.08. The summed E-state index contributed by atoms with van der Waals surface area (Å²) in [5.74, 6) is -0.266. The Balaban J connectivity index is 3.52. The summed E-state index contributed by atoms with van der Waals surface area (Å²) < 4.78 is 0.479. The first-order valence-electron chi connectivity index (χ1n) is 4.01. The Labute approximate surface area is 108 Å². The van der Waals surface area contributed by atoms with E-state index in [1.165, 1.54) is 0 Å². The number of hydrogen-bond donors (Lipinski definition) is 0. The highest BCUT2D eigenvalue weighted by Gasteiger charge is 2.24. The summed E-state index contributed by atoms with van der Waals surface area (Å²) in [7, 11) is 0. The lowest BCUT2D eigenvalue weighted by atomic mass is 10.0. The number of benzene rings is 1. The van der Waals surface area contributed by atoms with Crippen LogP contribution in [0.15, 0.2) is 12.1 Å². The quantitative estimate of drug-likeness (QED) is 0.265. The second-order valence-corrected chi connectivity index (χ2v) is 4.62. The highest BCUT2D eigenvalue weighted by atomic mass is 127. The number of hydrogen-bond acceptors (Lipinski definition) is 3. The molecule has 0 amide bonds. The zero-order valence-corrected chi connectivity index (χ0v) is 11.5. The topological polar surface area (TPSA) is 60.2 Å². The van der Waals surface area contributed by atoms with Crippen molar-refractivity contribution >= 4 is 50.0 Å². The molecule has 1 rings (SSSR count). The highest BCUT2D eigenvalue weighted by Crippen LogP contribution is 2.28. The molecule has 0 aliphatic heterocycles. The first-order valence-corrected chi connectivity index (χ1v) is 6.21. The Morgan fingerprint density at radius 1 is 1.60 bits per heavy atom. The number of carbonyl (C=O) groups excluding carboxylic acids is 1. The molecule has 0 atom stereocenters. The van der Waals surface area contributed by atoms with E-state index in [-0.39, 0.29) is 22.4 Å². The van der Waals surface area contributed by atoms with Crippen LogP contribution < -0.4 is 0 Å². The van der Waals surface area contributed by atoms with Crippen LogP contribution in [0.2, 0.25) is 0 Å². The van der Waals surface area contributed by atoms with Crippen molar-refractivity contribution in [1.82, 2.24) is 0 Å². The molecule has 15 heavy (non-hydrogen) atoms. The molecule has 0 spiro atoms. The molecule has 0 radical (unpaired) electrons. The second-order valence-electron chi connectivity index (χ2n) is 2.90. The van der Waals surface area contributed by atoms with Gasteiger partial charge in [0.05, 0.1) is 13.8 Å². The Morgan fingerprint density at radius 2 is 2.20 bits per heavy atom. The van der Waals surface area contributed by atoms with E-state index in [2.05, 4.69) is 15.9 Å². The van der Waals surface area contributed by atoms with Gasteiger partial charge in [0.15, 0.2) is 5.78 Å². The van der Waals surface area contributed by atoms with Crippen LogP contribution >= 0.6 is 38.5 Å². The smallest absolute Gasteiger partial charge is 0.293 e. The van der Waals surface area contributed by atoms with E-state index in [1.807, 2.05) is 22.6 Å². The molecule has 4 nitrogen and oxygen atoms in total. The van der Waals surface area contributed by atoms with Gasteiger partial charge in [-0.05, 0) is 41.1 Å². The maximum absolute atomic E-state index is 11.6. The van der Waals surface area contributed by atoms with Gasteiger partial charge in [-0.15, -0.1) is 0 Å². The summed E-state index contributed by atoms with van der Waals surface area (Å²) in [6.07, 6.45) is 0. The van der Waals surface area contributed by atoms with E-state index < -0.39 is 4.92 Å². The molecular weight excluding hydrogens is 377 g/mol. The van der Waals surface area contributed by atoms with Crippen LogP contribution in [0.4, 0.5) is 5.69 Å². The second kappa shape index (κ2) is 5.02. The van der Waals surface area contributed by atoms with Crippen LogP contribution in [0.5, 0.6) is 0 Å². The Hall–Kier alpha value is -0.500. The molecule has 0 heterocycles. The maximum Gasteiger partial charge on any atom is 0.293 e. The Bertz CT molecular complexity index is 434. The number of nitro groups is 1. The summed E-state index contributed by atoms with van der Waals surface area (Å²) >= 11 is 4.88. The van der Waals surface area contributed by atoms with Gasteiger partial charge in [-0.3, -0.25) is 14.9 Å². The summed E-state index contributed by atoms with van der Waals surface area (Å²) in [4.78, 5) is 21.9. The van der Waals surface area contributed by atoms with Gasteiger partial charge < -0.3 is 0 Å². The van der Waals surface area contributed by atoms with Crippen molar-refractivity contribution in [2.24, 2.45) is 0 Å². The van der Waals surface area contributed by atoms with Gasteiger partial charge in [-0.2, -0.15) is 0 Å². The molecule has 0 fully saturated rings. The van der Waals surface area contributed by atoms with Crippen molar-refractivity contribution in [3.8, 4) is 0 Å². The van der Waals surface area contributed by atoms with Gasteiger partial charge in [-0.1, -0.05) is 22.0 Å². The van der Waals surface area contributed by atoms with E-state index in [1.54, 1.807) is 19.1 Å². The molecule has 80 valence electrons. The van der Waals surface area contributed by atoms with Gasteiger partial charge in [0, 0.05) is 0 Å². The van der Waals surface area contributed by atoms with Crippen LogP contribution in [0, 0.1) is 20.6 Å². The molecule has 0 bridgehead atoms. The fraction of sp³-hybridized carbons (Fsp3) is 0.222.